The second-order valence-corrected chi connectivity index (χ2v) is 5.27. The first kappa shape index (κ1) is 14.0. The molecule has 0 bridgehead atoms. The van der Waals surface area contributed by atoms with Crippen LogP contribution in [0.1, 0.15) is 13.3 Å². The highest BCUT2D eigenvalue weighted by molar-refractivity contribution is 9.10. The van der Waals surface area contributed by atoms with Gasteiger partial charge in [0, 0.05) is 23.1 Å². The minimum atomic E-state index is 0.0393. The van der Waals surface area contributed by atoms with Gasteiger partial charge < -0.3 is 10.6 Å². The lowest BCUT2D eigenvalue weighted by molar-refractivity contribution is -0.116. The van der Waals surface area contributed by atoms with Crippen molar-refractivity contribution in [3.05, 3.63) is 40.9 Å². The zero-order valence-corrected chi connectivity index (χ0v) is 12.5. The molecule has 0 aliphatic rings. The maximum Gasteiger partial charge on any atom is 0.225 e. The van der Waals surface area contributed by atoms with Crippen LogP contribution in [-0.4, -0.2) is 19.0 Å². The zero-order chi connectivity index (χ0) is 13.7. The van der Waals surface area contributed by atoms with Crippen LogP contribution in [0.15, 0.2) is 40.9 Å². The van der Waals surface area contributed by atoms with Crippen molar-refractivity contribution in [3.8, 4) is 0 Å². The normalized spacial score (nSPS) is 10.6. The standard InChI is InChI=1S/C15H17BrN2O/c1-2-17-8-7-15(19)18-14-6-4-11-9-13(16)5-3-12(11)10-14/h3-6,9-10,17H,2,7-8H2,1H3,(H,18,19). The van der Waals surface area contributed by atoms with Gasteiger partial charge in [0.1, 0.15) is 0 Å². The van der Waals surface area contributed by atoms with Crippen molar-refractivity contribution in [2.24, 2.45) is 0 Å². The second kappa shape index (κ2) is 6.68. The minimum absolute atomic E-state index is 0.0393. The number of hydrogen-bond donors (Lipinski definition) is 2. The Morgan fingerprint density at radius 1 is 1.16 bits per heavy atom. The Labute approximate surface area is 121 Å². The summed E-state index contributed by atoms with van der Waals surface area (Å²) in [5.74, 6) is 0.0393. The van der Waals surface area contributed by atoms with Crippen LogP contribution in [0.5, 0.6) is 0 Å². The molecule has 0 atom stereocenters. The summed E-state index contributed by atoms with van der Waals surface area (Å²) >= 11 is 3.45. The number of carbonyl (C=O) groups is 1. The topological polar surface area (TPSA) is 41.1 Å². The summed E-state index contributed by atoms with van der Waals surface area (Å²) in [7, 11) is 0. The molecule has 0 heterocycles. The first-order chi connectivity index (χ1) is 9.19. The fraction of sp³-hybridized carbons (Fsp3) is 0.267. The van der Waals surface area contributed by atoms with Gasteiger partial charge in [-0.2, -0.15) is 0 Å². The van der Waals surface area contributed by atoms with Crippen molar-refractivity contribution in [2.45, 2.75) is 13.3 Å². The Kier molecular flexibility index (Phi) is 4.93. The fourth-order valence-corrected chi connectivity index (χ4v) is 2.28. The number of rotatable bonds is 5. The molecule has 0 unspecified atom stereocenters. The van der Waals surface area contributed by atoms with E-state index in [1.165, 1.54) is 0 Å². The molecule has 100 valence electrons. The summed E-state index contributed by atoms with van der Waals surface area (Å²) in [5, 5.41) is 8.32. The predicted molar refractivity (Wildman–Crippen MR) is 83.4 cm³/mol. The van der Waals surface area contributed by atoms with Gasteiger partial charge in [-0.3, -0.25) is 4.79 Å². The van der Waals surface area contributed by atoms with E-state index in [-0.39, 0.29) is 5.91 Å². The van der Waals surface area contributed by atoms with E-state index in [9.17, 15) is 4.79 Å². The van der Waals surface area contributed by atoms with Crippen molar-refractivity contribution in [1.29, 1.82) is 0 Å². The number of nitrogens with one attached hydrogen (secondary N) is 2. The lowest BCUT2D eigenvalue weighted by Crippen LogP contribution is -2.21. The number of carbonyl (C=O) groups excluding carboxylic acids is 1. The van der Waals surface area contributed by atoms with Gasteiger partial charge >= 0.3 is 0 Å². The van der Waals surface area contributed by atoms with Crippen LogP contribution < -0.4 is 10.6 Å². The van der Waals surface area contributed by atoms with Crippen LogP contribution in [0, 0.1) is 0 Å². The van der Waals surface area contributed by atoms with Gasteiger partial charge in [0.25, 0.3) is 0 Å². The summed E-state index contributed by atoms with van der Waals surface area (Å²) < 4.78 is 1.06. The SMILES string of the molecule is CCNCCC(=O)Nc1ccc2cc(Br)ccc2c1. The van der Waals surface area contributed by atoms with Crippen LogP contribution in [0.4, 0.5) is 5.69 Å². The molecule has 0 saturated heterocycles. The van der Waals surface area contributed by atoms with E-state index in [2.05, 4.69) is 32.6 Å². The summed E-state index contributed by atoms with van der Waals surface area (Å²) in [6.45, 7) is 3.63. The maximum absolute atomic E-state index is 11.7. The third kappa shape index (κ3) is 4.04. The Balaban J connectivity index is 2.05. The van der Waals surface area contributed by atoms with Gasteiger partial charge in [-0.15, -0.1) is 0 Å². The molecule has 0 aliphatic carbocycles. The molecule has 2 aromatic rings. The highest BCUT2D eigenvalue weighted by Gasteiger charge is 2.03. The van der Waals surface area contributed by atoms with Gasteiger partial charge in [0.15, 0.2) is 0 Å². The Morgan fingerprint density at radius 3 is 2.68 bits per heavy atom. The van der Waals surface area contributed by atoms with E-state index in [0.29, 0.717) is 13.0 Å². The van der Waals surface area contributed by atoms with Crippen molar-refractivity contribution in [2.75, 3.05) is 18.4 Å². The number of halogens is 1. The molecule has 0 radical (unpaired) electrons. The molecule has 2 aromatic carbocycles. The molecular weight excluding hydrogens is 304 g/mol. The molecule has 0 aromatic heterocycles. The van der Waals surface area contributed by atoms with Crippen molar-refractivity contribution >= 4 is 38.3 Å². The summed E-state index contributed by atoms with van der Waals surface area (Å²) in [6.07, 6.45) is 0.492. The van der Waals surface area contributed by atoms with Crippen molar-refractivity contribution in [1.82, 2.24) is 5.32 Å². The van der Waals surface area contributed by atoms with Crippen LogP contribution in [-0.2, 0) is 4.79 Å². The first-order valence-electron chi connectivity index (χ1n) is 6.39. The van der Waals surface area contributed by atoms with Gasteiger partial charge in [-0.1, -0.05) is 35.0 Å². The molecule has 4 heteroatoms. The second-order valence-electron chi connectivity index (χ2n) is 4.36. The molecule has 1 amide bonds. The summed E-state index contributed by atoms with van der Waals surface area (Å²) in [6, 6.07) is 12.0. The van der Waals surface area contributed by atoms with Gasteiger partial charge in [0.05, 0.1) is 0 Å². The van der Waals surface area contributed by atoms with Crippen molar-refractivity contribution in [3.63, 3.8) is 0 Å². The average Bonchev–Trinajstić information content (AvgIpc) is 2.39. The fourth-order valence-electron chi connectivity index (χ4n) is 1.90. The van der Waals surface area contributed by atoms with Crippen molar-refractivity contribution < 1.29 is 4.79 Å². The molecule has 3 nitrogen and oxygen atoms in total. The Hall–Kier alpha value is -1.39. The molecule has 0 saturated carbocycles. The van der Waals surface area contributed by atoms with Gasteiger partial charge in [-0.25, -0.2) is 0 Å². The molecule has 0 fully saturated rings. The summed E-state index contributed by atoms with van der Waals surface area (Å²) in [5.41, 5.74) is 0.844. The third-order valence-electron chi connectivity index (χ3n) is 2.86. The smallest absolute Gasteiger partial charge is 0.225 e. The van der Waals surface area contributed by atoms with Crippen LogP contribution in [0.2, 0.25) is 0 Å². The third-order valence-corrected chi connectivity index (χ3v) is 3.36. The Morgan fingerprint density at radius 2 is 1.89 bits per heavy atom. The molecular formula is C15H17BrN2O. The van der Waals surface area contributed by atoms with E-state index in [1.807, 2.05) is 37.3 Å². The molecule has 0 aliphatic heterocycles. The van der Waals surface area contributed by atoms with E-state index >= 15 is 0 Å². The Bertz CT molecular complexity index is 583. The number of amides is 1. The molecule has 0 spiro atoms. The van der Waals surface area contributed by atoms with Gasteiger partial charge in [-0.05, 0) is 41.6 Å². The number of anilines is 1. The number of fused-ring (bicyclic) bond motifs is 1. The lowest BCUT2D eigenvalue weighted by Gasteiger charge is -2.07. The highest BCUT2D eigenvalue weighted by Crippen LogP contribution is 2.22. The molecule has 2 N–H and O–H groups in total. The monoisotopic (exact) mass is 320 g/mol. The number of hydrogen-bond acceptors (Lipinski definition) is 2. The van der Waals surface area contributed by atoms with E-state index < -0.39 is 0 Å². The van der Waals surface area contributed by atoms with E-state index in [4.69, 9.17) is 0 Å². The lowest BCUT2D eigenvalue weighted by atomic mass is 10.1. The quantitative estimate of drug-likeness (QED) is 0.827. The maximum atomic E-state index is 11.7. The highest BCUT2D eigenvalue weighted by atomic mass is 79.9. The minimum Gasteiger partial charge on any atom is -0.326 e. The number of benzene rings is 2. The zero-order valence-electron chi connectivity index (χ0n) is 10.9. The van der Waals surface area contributed by atoms with E-state index in [0.717, 1.165) is 27.5 Å². The largest absolute Gasteiger partial charge is 0.326 e. The van der Waals surface area contributed by atoms with Crippen LogP contribution >= 0.6 is 15.9 Å². The van der Waals surface area contributed by atoms with Gasteiger partial charge in [0.2, 0.25) is 5.91 Å². The molecule has 2 rings (SSSR count). The van der Waals surface area contributed by atoms with Crippen LogP contribution in [0.25, 0.3) is 10.8 Å². The average molecular weight is 321 g/mol. The van der Waals surface area contributed by atoms with Crippen LogP contribution in [0.3, 0.4) is 0 Å². The van der Waals surface area contributed by atoms with E-state index in [1.54, 1.807) is 0 Å². The predicted octanol–water partition coefficient (Wildman–Crippen LogP) is 3.54. The summed E-state index contributed by atoms with van der Waals surface area (Å²) in [4.78, 5) is 11.7. The molecule has 19 heavy (non-hydrogen) atoms. The first-order valence-corrected chi connectivity index (χ1v) is 7.18.